The first-order valence-corrected chi connectivity index (χ1v) is 6.69. The highest BCUT2D eigenvalue weighted by Gasteiger charge is 2.17. The molecule has 3 N–H and O–H groups in total. The van der Waals surface area contributed by atoms with Gasteiger partial charge in [-0.25, -0.2) is 0 Å². The standard InChI is InChI=1S/C15H20N2O2/c1-2-3-8-19-15(18)13(16)9-11-10-17-14-7-5-4-6-12(11)14/h4-7,10,13,17H,2-3,8-9,16H2,1H3. The predicted octanol–water partition coefficient (Wildman–Crippen LogP) is 2.38. The summed E-state index contributed by atoms with van der Waals surface area (Å²) in [7, 11) is 0. The summed E-state index contributed by atoms with van der Waals surface area (Å²) < 4.78 is 5.13. The summed E-state index contributed by atoms with van der Waals surface area (Å²) in [6.45, 7) is 2.51. The van der Waals surface area contributed by atoms with Crippen molar-refractivity contribution < 1.29 is 9.53 Å². The second-order valence-corrected chi connectivity index (χ2v) is 4.69. The maximum atomic E-state index is 11.7. The summed E-state index contributed by atoms with van der Waals surface area (Å²) in [5.41, 5.74) is 8.00. The Morgan fingerprint density at radius 1 is 1.42 bits per heavy atom. The second-order valence-electron chi connectivity index (χ2n) is 4.69. The Bertz CT molecular complexity index is 548. The van der Waals surface area contributed by atoms with E-state index in [9.17, 15) is 4.79 Å². The third kappa shape index (κ3) is 3.35. The third-order valence-corrected chi connectivity index (χ3v) is 3.16. The Kier molecular flexibility index (Phi) is 4.58. The normalized spacial score (nSPS) is 12.5. The van der Waals surface area contributed by atoms with E-state index in [1.54, 1.807) is 0 Å². The van der Waals surface area contributed by atoms with Gasteiger partial charge in [-0.3, -0.25) is 4.79 Å². The molecule has 102 valence electrons. The summed E-state index contributed by atoms with van der Waals surface area (Å²) in [6, 6.07) is 7.38. The van der Waals surface area contributed by atoms with Crippen LogP contribution in [0.3, 0.4) is 0 Å². The number of fused-ring (bicyclic) bond motifs is 1. The molecule has 0 bridgehead atoms. The molecule has 4 heteroatoms. The summed E-state index contributed by atoms with van der Waals surface area (Å²) in [4.78, 5) is 14.9. The number of ether oxygens (including phenoxy) is 1. The molecule has 0 aliphatic rings. The molecule has 1 aromatic carbocycles. The van der Waals surface area contributed by atoms with Crippen molar-refractivity contribution in [2.24, 2.45) is 5.73 Å². The summed E-state index contributed by atoms with van der Waals surface area (Å²) in [5.74, 6) is -0.321. The fraction of sp³-hybridized carbons (Fsp3) is 0.400. The smallest absolute Gasteiger partial charge is 0.323 e. The van der Waals surface area contributed by atoms with Gasteiger partial charge in [0.2, 0.25) is 0 Å². The van der Waals surface area contributed by atoms with Crippen molar-refractivity contribution in [2.75, 3.05) is 6.61 Å². The predicted molar refractivity (Wildman–Crippen MR) is 75.8 cm³/mol. The van der Waals surface area contributed by atoms with Gasteiger partial charge in [-0.05, 0) is 18.1 Å². The van der Waals surface area contributed by atoms with Crippen molar-refractivity contribution in [3.05, 3.63) is 36.0 Å². The van der Waals surface area contributed by atoms with Crippen molar-refractivity contribution in [2.45, 2.75) is 32.2 Å². The minimum absolute atomic E-state index is 0.321. The van der Waals surface area contributed by atoms with Crippen LogP contribution in [0.25, 0.3) is 10.9 Å². The van der Waals surface area contributed by atoms with Crippen LogP contribution in [0.15, 0.2) is 30.5 Å². The van der Waals surface area contributed by atoms with Crippen LogP contribution in [0, 0.1) is 0 Å². The van der Waals surface area contributed by atoms with Crippen molar-refractivity contribution in [1.82, 2.24) is 4.98 Å². The number of nitrogens with two attached hydrogens (primary N) is 1. The van der Waals surface area contributed by atoms with Crippen molar-refractivity contribution in [1.29, 1.82) is 0 Å². The number of unbranched alkanes of at least 4 members (excludes halogenated alkanes) is 1. The number of H-pyrrole nitrogens is 1. The molecule has 0 aliphatic carbocycles. The van der Waals surface area contributed by atoms with Crippen LogP contribution in [-0.4, -0.2) is 23.6 Å². The van der Waals surface area contributed by atoms with Crippen LogP contribution < -0.4 is 5.73 Å². The number of rotatable bonds is 6. The molecule has 1 atom stereocenters. The van der Waals surface area contributed by atoms with Gasteiger partial charge in [0, 0.05) is 23.5 Å². The number of benzene rings is 1. The molecular weight excluding hydrogens is 240 g/mol. The number of aromatic nitrogens is 1. The highest BCUT2D eigenvalue weighted by Crippen LogP contribution is 2.18. The van der Waals surface area contributed by atoms with Gasteiger partial charge in [0.15, 0.2) is 0 Å². The van der Waals surface area contributed by atoms with Crippen molar-refractivity contribution in [3.63, 3.8) is 0 Å². The molecule has 0 spiro atoms. The van der Waals surface area contributed by atoms with E-state index in [0.29, 0.717) is 13.0 Å². The van der Waals surface area contributed by atoms with E-state index in [-0.39, 0.29) is 5.97 Å². The van der Waals surface area contributed by atoms with Crippen molar-refractivity contribution >= 4 is 16.9 Å². The molecule has 0 saturated carbocycles. The van der Waals surface area contributed by atoms with E-state index >= 15 is 0 Å². The van der Waals surface area contributed by atoms with Crippen molar-refractivity contribution in [3.8, 4) is 0 Å². The maximum Gasteiger partial charge on any atom is 0.323 e. The van der Waals surface area contributed by atoms with E-state index in [1.807, 2.05) is 30.5 Å². The van der Waals surface area contributed by atoms with Gasteiger partial charge in [0.1, 0.15) is 6.04 Å². The molecule has 2 aromatic rings. The number of carbonyl (C=O) groups excluding carboxylic acids is 1. The Labute approximate surface area is 112 Å². The minimum Gasteiger partial charge on any atom is -0.465 e. The number of para-hydroxylation sites is 1. The molecule has 0 radical (unpaired) electrons. The molecule has 0 saturated heterocycles. The number of hydrogen-bond acceptors (Lipinski definition) is 3. The molecule has 1 aromatic heterocycles. The zero-order valence-electron chi connectivity index (χ0n) is 11.2. The Balaban J connectivity index is 1.98. The highest BCUT2D eigenvalue weighted by molar-refractivity contribution is 5.84. The quantitative estimate of drug-likeness (QED) is 0.619. The van der Waals surface area contributed by atoms with E-state index in [2.05, 4.69) is 11.9 Å². The molecule has 0 amide bonds. The van der Waals surface area contributed by atoms with E-state index in [1.165, 1.54) is 0 Å². The summed E-state index contributed by atoms with van der Waals surface area (Å²) in [5, 5.41) is 1.11. The van der Waals surface area contributed by atoms with Crippen LogP contribution in [0.5, 0.6) is 0 Å². The van der Waals surface area contributed by atoms with Gasteiger partial charge in [0.05, 0.1) is 6.61 Å². The van der Waals surface area contributed by atoms with Crippen LogP contribution >= 0.6 is 0 Å². The molecular formula is C15H20N2O2. The van der Waals surface area contributed by atoms with Gasteiger partial charge in [-0.2, -0.15) is 0 Å². The van der Waals surface area contributed by atoms with Gasteiger partial charge in [-0.15, -0.1) is 0 Å². The lowest BCUT2D eigenvalue weighted by molar-refractivity contribution is -0.145. The first-order valence-electron chi connectivity index (χ1n) is 6.69. The van der Waals surface area contributed by atoms with Gasteiger partial charge in [-0.1, -0.05) is 31.5 Å². The molecule has 19 heavy (non-hydrogen) atoms. The minimum atomic E-state index is -0.601. The molecule has 1 unspecified atom stereocenters. The number of esters is 1. The lowest BCUT2D eigenvalue weighted by Crippen LogP contribution is -2.34. The molecule has 0 fully saturated rings. The Morgan fingerprint density at radius 2 is 2.21 bits per heavy atom. The van der Waals surface area contributed by atoms with E-state index in [0.717, 1.165) is 29.3 Å². The first-order chi connectivity index (χ1) is 9.22. The number of carbonyl (C=O) groups is 1. The first kappa shape index (κ1) is 13.6. The van der Waals surface area contributed by atoms with Crippen LogP contribution in [0.2, 0.25) is 0 Å². The maximum absolute atomic E-state index is 11.7. The fourth-order valence-electron chi connectivity index (χ4n) is 2.04. The monoisotopic (exact) mass is 260 g/mol. The average Bonchev–Trinajstić information content (AvgIpc) is 2.82. The third-order valence-electron chi connectivity index (χ3n) is 3.16. The molecule has 1 heterocycles. The van der Waals surface area contributed by atoms with Gasteiger partial charge < -0.3 is 15.5 Å². The zero-order valence-corrected chi connectivity index (χ0v) is 11.2. The number of hydrogen-bond donors (Lipinski definition) is 2. The van der Waals surface area contributed by atoms with Crippen LogP contribution in [0.1, 0.15) is 25.3 Å². The lowest BCUT2D eigenvalue weighted by Gasteiger charge is -2.10. The van der Waals surface area contributed by atoms with Gasteiger partial charge >= 0.3 is 5.97 Å². The largest absolute Gasteiger partial charge is 0.465 e. The van der Waals surface area contributed by atoms with Gasteiger partial charge in [0.25, 0.3) is 0 Å². The molecule has 4 nitrogen and oxygen atoms in total. The molecule has 2 rings (SSSR count). The number of nitrogens with one attached hydrogen (secondary N) is 1. The summed E-state index contributed by atoms with van der Waals surface area (Å²) in [6.07, 6.45) is 4.29. The number of aromatic amines is 1. The Hall–Kier alpha value is -1.81. The average molecular weight is 260 g/mol. The van der Waals surface area contributed by atoms with E-state index < -0.39 is 6.04 Å². The van der Waals surface area contributed by atoms with E-state index in [4.69, 9.17) is 10.5 Å². The molecule has 0 aliphatic heterocycles. The Morgan fingerprint density at radius 3 is 3.00 bits per heavy atom. The summed E-state index contributed by atoms with van der Waals surface area (Å²) >= 11 is 0. The topological polar surface area (TPSA) is 68.1 Å². The fourth-order valence-corrected chi connectivity index (χ4v) is 2.04. The SMILES string of the molecule is CCCCOC(=O)C(N)Cc1c[nH]c2ccccc12. The zero-order chi connectivity index (χ0) is 13.7. The second kappa shape index (κ2) is 6.38. The highest BCUT2D eigenvalue weighted by atomic mass is 16.5. The van der Waals surface area contributed by atoms with Crippen LogP contribution in [-0.2, 0) is 16.0 Å². The lowest BCUT2D eigenvalue weighted by atomic mass is 10.1. The van der Waals surface area contributed by atoms with Crippen LogP contribution in [0.4, 0.5) is 0 Å².